The Balaban J connectivity index is 2.00. The van der Waals surface area contributed by atoms with Gasteiger partial charge in [0.25, 0.3) is 0 Å². The number of para-hydroxylation sites is 1. The Kier molecular flexibility index (Phi) is 10.7. The van der Waals surface area contributed by atoms with Gasteiger partial charge in [0.2, 0.25) is 0 Å². The van der Waals surface area contributed by atoms with Gasteiger partial charge in [-0.1, -0.05) is 18.2 Å². The molecule has 1 rings (SSSR count). The molecule has 0 saturated carbocycles. The molecule has 0 bridgehead atoms. The first-order valence-corrected chi connectivity index (χ1v) is 8.64. The maximum Gasteiger partial charge on any atom is 0.181 e. The van der Waals surface area contributed by atoms with Crippen molar-refractivity contribution in [3.8, 4) is 5.75 Å². The van der Waals surface area contributed by atoms with Crippen molar-refractivity contribution in [2.75, 3.05) is 19.8 Å². The highest BCUT2D eigenvalue weighted by Gasteiger charge is 2.13. The van der Waals surface area contributed by atoms with Gasteiger partial charge in [-0.25, -0.2) is 0 Å². The SMILES string of the molecule is CC(C)OC(COCCCCCOc1ccccc1)OC(C)C. The predicted octanol–water partition coefficient (Wildman–Crippen LogP) is 4.43. The summed E-state index contributed by atoms with van der Waals surface area (Å²) in [5.74, 6) is 0.934. The van der Waals surface area contributed by atoms with Crippen LogP contribution in [-0.2, 0) is 14.2 Å². The Hall–Kier alpha value is -1.10. The molecule has 0 unspecified atom stereocenters. The molecular weight excluding hydrogens is 292 g/mol. The second-order valence-corrected chi connectivity index (χ2v) is 6.10. The van der Waals surface area contributed by atoms with Gasteiger partial charge in [-0.15, -0.1) is 0 Å². The predicted molar refractivity (Wildman–Crippen MR) is 92.8 cm³/mol. The molecule has 132 valence electrons. The molecule has 0 aliphatic heterocycles. The van der Waals surface area contributed by atoms with Gasteiger partial charge in [0.1, 0.15) is 5.75 Å². The molecule has 0 atom stereocenters. The Labute approximate surface area is 141 Å². The van der Waals surface area contributed by atoms with Crippen molar-refractivity contribution in [1.82, 2.24) is 0 Å². The van der Waals surface area contributed by atoms with Crippen LogP contribution in [0.1, 0.15) is 47.0 Å². The average molecular weight is 324 g/mol. The summed E-state index contributed by atoms with van der Waals surface area (Å²) in [6.45, 7) is 9.97. The lowest BCUT2D eigenvalue weighted by atomic mass is 10.2. The molecule has 1 aromatic carbocycles. The van der Waals surface area contributed by atoms with Crippen LogP contribution >= 0.6 is 0 Å². The van der Waals surface area contributed by atoms with Crippen LogP contribution in [0.25, 0.3) is 0 Å². The Morgan fingerprint density at radius 3 is 2.00 bits per heavy atom. The quantitative estimate of drug-likeness (QED) is 0.397. The van der Waals surface area contributed by atoms with Crippen LogP contribution in [0.15, 0.2) is 30.3 Å². The van der Waals surface area contributed by atoms with Crippen LogP contribution in [-0.4, -0.2) is 38.3 Å². The molecule has 0 N–H and O–H groups in total. The lowest BCUT2D eigenvalue weighted by molar-refractivity contribution is -0.204. The highest BCUT2D eigenvalue weighted by Crippen LogP contribution is 2.09. The second-order valence-electron chi connectivity index (χ2n) is 6.10. The van der Waals surface area contributed by atoms with E-state index in [1.807, 2.05) is 58.0 Å². The average Bonchev–Trinajstić information content (AvgIpc) is 2.49. The van der Waals surface area contributed by atoms with E-state index in [0.29, 0.717) is 6.61 Å². The normalized spacial score (nSPS) is 11.6. The van der Waals surface area contributed by atoms with E-state index < -0.39 is 0 Å². The fourth-order valence-corrected chi connectivity index (χ4v) is 2.09. The van der Waals surface area contributed by atoms with Crippen molar-refractivity contribution < 1.29 is 18.9 Å². The monoisotopic (exact) mass is 324 g/mol. The topological polar surface area (TPSA) is 36.9 Å². The van der Waals surface area contributed by atoms with Crippen molar-refractivity contribution in [1.29, 1.82) is 0 Å². The lowest BCUT2D eigenvalue weighted by Gasteiger charge is -2.22. The summed E-state index contributed by atoms with van der Waals surface area (Å²) >= 11 is 0. The molecular formula is C19H32O4. The minimum absolute atomic E-state index is 0.137. The van der Waals surface area contributed by atoms with Crippen LogP contribution < -0.4 is 4.74 Å². The smallest absolute Gasteiger partial charge is 0.181 e. The fourth-order valence-electron chi connectivity index (χ4n) is 2.09. The first-order chi connectivity index (χ1) is 11.1. The summed E-state index contributed by atoms with van der Waals surface area (Å²) in [7, 11) is 0. The molecule has 0 heterocycles. The zero-order valence-electron chi connectivity index (χ0n) is 15.0. The second kappa shape index (κ2) is 12.3. The molecule has 0 aromatic heterocycles. The minimum atomic E-state index is -0.281. The van der Waals surface area contributed by atoms with Gasteiger partial charge in [0.15, 0.2) is 6.29 Å². The molecule has 23 heavy (non-hydrogen) atoms. The molecule has 0 aliphatic rings. The number of benzene rings is 1. The van der Waals surface area contributed by atoms with E-state index >= 15 is 0 Å². The lowest BCUT2D eigenvalue weighted by Crippen LogP contribution is -2.29. The number of rotatable bonds is 13. The van der Waals surface area contributed by atoms with Gasteiger partial charge in [0.05, 0.1) is 25.4 Å². The summed E-state index contributed by atoms with van der Waals surface area (Å²) in [5, 5.41) is 0. The van der Waals surface area contributed by atoms with Gasteiger partial charge < -0.3 is 18.9 Å². The van der Waals surface area contributed by atoms with E-state index in [-0.39, 0.29) is 18.5 Å². The van der Waals surface area contributed by atoms with E-state index in [0.717, 1.165) is 38.2 Å². The Morgan fingerprint density at radius 2 is 1.39 bits per heavy atom. The van der Waals surface area contributed by atoms with Gasteiger partial charge >= 0.3 is 0 Å². The summed E-state index contributed by atoms with van der Waals surface area (Å²) in [4.78, 5) is 0. The van der Waals surface area contributed by atoms with Gasteiger partial charge in [0, 0.05) is 6.61 Å². The summed E-state index contributed by atoms with van der Waals surface area (Å²) < 4.78 is 22.7. The molecule has 1 aromatic rings. The number of ether oxygens (including phenoxy) is 4. The number of hydrogen-bond donors (Lipinski definition) is 0. The van der Waals surface area contributed by atoms with Crippen LogP contribution in [0, 0.1) is 0 Å². The zero-order chi connectivity index (χ0) is 16.9. The minimum Gasteiger partial charge on any atom is -0.494 e. The molecule has 0 fully saturated rings. The van der Waals surface area contributed by atoms with E-state index in [1.165, 1.54) is 0 Å². The van der Waals surface area contributed by atoms with E-state index in [4.69, 9.17) is 18.9 Å². The highest BCUT2D eigenvalue weighted by atomic mass is 16.7. The molecule has 0 amide bonds. The maximum atomic E-state index is 5.69. The largest absolute Gasteiger partial charge is 0.494 e. The number of hydrogen-bond acceptors (Lipinski definition) is 4. The van der Waals surface area contributed by atoms with E-state index in [9.17, 15) is 0 Å². The van der Waals surface area contributed by atoms with Crippen molar-refractivity contribution in [3.63, 3.8) is 0 Å². The van der Waals surface area contributed by atoms with E-state index in [1.54, 1.807) is 0 Å². The van der Waals surface area contributed by atoms with Crippen LogP contribution in [0.3, 0.4) is 0 Å². The molecule has 4 heteroatoms. The third kappa shape index (κ3) is 11.1. The zero-order valence-corrected chi connectivity index (χ0v) is 15.0. The molecule has 0 radical (unpaired) electrons. The first-order valence-electron chi connectivity index (χ1n) is 8.64. The standard InChI is InChI=1S/C19H32O4/c1-16(2)22-19(23-17(3)4)15-20-13-9-6-10-14-21-18-11-7-5-8-12-18/h5,7-8,11-12,16-17,19H,6,9-10,13-15H2,1-4H3. The molecule has 4 nitrogen and oxygen atoms in total. The molecule has 0 saturated heterocycles. The summed E-state index contributed by atoms with van der Waals surface area (Å²) in [6, 6.07) is 9.92. The third-order valence-electron chi connectivity index (χ3n) is 3.05. The maximum absolute atomic E-state index is 5.69. The van der Waals surface area contributed by atoms with Gasteiger partial charge in [-0.2, -0.15) is 0 Å². The van der Waals surface area contributed by atoms with Gasteiger partial charge in [-0.05, 0) is 59.1 Å². The van der Waals surface area contributed by atoms with Crippen molar-refractivity contribution in [2.24, 2.45) is 0 Å². The summed E-state index contributed by atoms with van der Waals surface area (Å²) in [6.07, 6.45) is 3.14. The van der Waals surface area contributed by atoms with E-state index in [2.05, 4.69) is 0 Å². The number of unbranched alkanes of at least 4 members (excludes halogenated alkanes) is 2. The van der Waals surface area contributed by atoms with Crippen LogP contribution in [0.2, 0.25) is 0 Å². The fraction of sp³-hybridized carbons (Fsp3) is 0.684. The van der Waals surface area contributed by atoms with Crippen LogP contribution in [0.5, 0.6) is 5.75 Å². The summed E-state index contributed by atoms with van der Waals surface area (Å²) in [5.41, 5.74) is 0. The first kappa shape index (κ1) is 19.9. The molecule has 0 spiro atoms. The Bertz CT molecular complexity index is 368. The Morgan fingerprint density at radius 1 is 0.783 bits per heavy atom. The van der Waals surface area contributed by atoms with Gasteiger partial charge in [-0.3, -0.25) is 0 Å². The molecule has 0 aliphatic carbocycles. The highest BCUT2D eigenvalue weighted by molar-refractivity contribution is 5.20. The van der Waals surface area contributed by atoms with Crippen molar-refractivity contribution in [3.05, 3.63) is 30.3 Å². The van der Waals surface area contributed by atoms with Crippen molar-refractivity contribution in [2.45, 2.75) is 65.5 Å². The third-order valence-corrected chi connectivity index (χ3v) is 3.05. The van der Waals surface area contributed by atoms with Crippen LogP contribution in [0.4, 0.5) is 0 Å². The van der Waals surface area contributed by atoms with Crippen molar-refractivity contribution >= 4 is 0 Å².